The SMILES string of the molecule is CCCCCCCCCCCCCCNC(=O)c1cc2cc(c1)Oc1nc(Cl)nc(n1)Oc1cc(cc(C(=O)NCCCCCCCCCCCCCC)c1)Oc1nc(Cl)nc(n1)O2. The van der Waals surface area contributed by atoms with Crippen LogP contribution in [-0.4, -0.2) is 54.8 Å². The summed E-state index contributed by atoms with van der Waals surface area (Å²) in [6.45, 7) is 5.51. The van der Waals surface area contributed by atoms with E-state index in [1.165, 1.54) is 152 Å². The average Bonchev–Trinajstić information content (AvgIpc) is 3.26. The number of amides is 2. The molecule has 0 unspecified atom stereocenters. The fourth-order valence-electron chi connectivity index (χ4n) is 7.41. The number of fused-ring (bicyclic) bond motifs is 8. The third kappa shape index (κ3) is 19.1. The number of rotatable bonds is 28. The van der Waals surface area contributed by atoms with E-state index in [2.05, 4.69) is 54.4 Å². The number of nitrogens with zero attached hydrogens (tertiary/aromatic N) is 6. The molecule has 348 valence electrons. The highest BCUT2D eigenvalue weighted by Crippen LogP contribution is 2.33. The van der Waals surface area contributed by atoms with Crippen LogP contribution in [0.1, 0.15) is 189 Å². The zero-order chi connectivity index (χ0) is 45.2. The summed E-state index contributed by atoms with van der Waals surface area (Å²) < 4.78 is 24.0. The molecule has 2 N–H and O–H groups in total. The Hall–Kier alpha value is -4.82. The molecule has 4 aromatic rings. The van der Waals surface area contributed by atoms with E-state index >= 15 is 0 Å². The number of aromatic nitrogens is 6. The first kappa shape index (κ1) is 50.2. The van der Waals surface area contributed by atoms with E-state index in [4.69, 9.17) is 42.1 Å². The molecule has 0 spiro atoms. The van der Waals surface area contributed by atoms with Crippen molar-refractivity contribution in [1.29, 1.82) is 0 Å². The van der Waals surface area contributed by atoms with E-state index in [0.29, 0.717) is 13.1 Å². The molecule has 5 rings (SSSR count). The van der Waals surface area contributed by atoms with Crippen molar-refractivity contribution in [3.8, 4) is 47.0 Å². The molecular weight excluding hydrogens is 855 g/mol. The summed E-state index contributed by atoms with van der Waals surface area (Å²) in [4.78, 5) is 51.9. The van der Waals surface area contributed by atoms with Gasteiger partial charge in [0, 0.05) is 36.3 Å². The lowest BCUT2D eigenvalue weighted by molar-refractivity contribution is 0.0944. The number of unbranched alkanes of at least 4 members (excludes halogenated alkanes) is 22. The average molecular weight is 922 g/mol. The standard InChI is InChI=1S/C48H66Cl2N8O6/c1-3-5-7-9-11-13-15-17-19-21-23-25-27-51-41(59)35-29-37-33-38(30-35)62-46-54-44(50)56-48(58-46)64-40-32-36(31-39(34-40)63-47-55-43(49)53-45(57-47)61-37)42(60)52-28-26-24-22-20-18-16-14-12-10-8-6-4-2/h29-34H,3-28H2,1-2H3,(H,51,59)(H,52,60). The molecule has 14 nitrogen and oxygen atoms in total. The van der Waals surface area contributed by atoms with Crippen molar-refractivity contribution in [2.45, 2.75) is 168 Å². The van der Waals surface area contributed by atoms with E-state index in [1.807, 2.05) is 0 Å². The summed E-state index contributed by atoms with van der Waals surface area (Å²) in [5, 5.41) is 5.55. The largest absolute Gasteiger partial charge is 0.424 e. The number of halogens is 2. The summed E-state index contributed by atoms with van der Waals surface area (Å²) in [6, 6.07) is 8.18. The zero-order valence-corrected chi connectivity index (χ0v) is 39.2. The van der Waals surface area contributed by atoms with E-state index in [0.717, 1.165) is 38.5 Å². The Morgan fingerprint density at radius 2 is 0.641 bits per heavy atom. The molecule has 0 saturated carbocycles. The quantitative estimate of drug-likeness (QED) is 0.0455. The lowest BCUT2D eigenvalue weighted by atomic mass is 10.1. The summed E-state index contributed by atoms with van der Waals surface area (Å²) in [6.07, 6.45) is 29.4. The monoisotopic (exact) mass is 920 g/mol. The van der Waals surface area contributed by atoms with Crippen molar-refractivity contribution in [1.82, 2.24) is 40.5 Å². The highest BCUT2D eigenvalue weighted by atomic mass is 35.5. The fraction of sp³-hybridized carbons (Fsp3) is 0.583. The Morgan fingerprint density at radius 3 is 0.906 bits per heavy atom. The van der Waals surface area contributed by atoms with Gasteiger partial charge in [-0.1, -0.05) is 155 Å². The lowest BCUT2D eigenvalue weighted by Crippen LogP contribution is -2.24. The van der Waals surface area contributed by atoms with Crippen LogP contribution in [-0.2, 0) is 0 Å². The third-order valence-corrected chi connectivity index (χ3v) is 11.2. The Bertz CT molecular complexity index is 1810. The molecule has 1 aliphatic heterocycles. The molecule has 0 aliphatic carbocycles. The number of nitrogens with one attached hydrogen (secondary N) is 2. The first-order valence-corrected chi connectivity index (χ1v) is 24.4. The molecule has 2 aromatic carbocycles. The van der Waals surface area contributed by atoms with E-state index in [9.17, 15) is 9.59 Å². The van der Waals surface area contributed by atoms with Crippen LogP contribution < -0.4 is 29.6 Å². The molecule has 0 radical (unpaired) electrons. The van der Waals surface area contributed by atoms with E-state index < -0.39 is 0 Å². The van der Waals surface area contributed by atoms with Crippen molar-refractivity contribution in [2.75, 3.05) is 13.1 Å². The molecule has 3 heterocycles. The third-order valence-electron chi connectivity index (χ3n) is 10.9. The van der Waals surface area contributed by atoms with Crippen molar-refractivity contribution < 1.29 is 28.5 Å². The molecule has 0 saturated heterocycles. The minimum Gasteiger partial charge on any atom is -0.424 e. The maximum absolute atomic E-state index is 13.4. The maximum Gasteiger partial charge on any atom is 0.329 e. The molecule has 16 heteroatoms. The summed E-state index contributed by atoms with van der Waals surface area (Å²) in [5.74, 6) is -0.123. The van der Waals surface area contributed by atoms with Crippen LogP contribution in [0.25, 0.3) is 0 Å². The highest BCUT2D eigenvalue weighted by Gasteiger charge is 2.19. The van der Waals surface area contributed by atoms with Crippen molar-refractivity contribution >= 4 is 35.0 Å². The van der Waals surface area contributed by atoms with Gasteiger partial charge >= 0.3 is 24.0 Å². The minimum absolute atomic E-state index is 0.138. The van der Waals surface area contributed by atoms with Gasteiger partial charge in [0.15, 0.2) is 0 Å². The van der Waals surface area contributed by atoms with Crippen LogP contribution in [0.5, 0.6) is 47.0 Å². The van der Waals surface area contributed by atoms with Crippen LogP contribution >= 0.6 is 23.2 Å². The van der Waals surface area contributed by atoms with Crippen LogP contribution in [0.3, 0.4) is 0 Å². The zero-order valence-electron chi connectivity index (χ0n) is 37.7. The van der Waals surface area contributed by atoms with Gasteiger partial charge in [-0.25, -0.2) is 0 Å². The van der Waals surface area contributed by atoms with Crippen LogP contribution in [0, 0.1) is 0 Å². The van der Waals surface area contributed by atoms with Crippen LogP contribution in [0.15, 0.2) is 36.4 Å². The summed E-state index contributed by atoms with van der Waals surface area (Å²) in [5.41, 5.74) is 0.473. The van der Waals surface area contributed by atoms with Gasteiger partial charge in [-0.15, -0.1) is 9.97 Å². The summed E-state index contributed by atoms with van der Waals surface area (Å²) in [7, 11) is 0. The Morgan fingerprint density at radius 1 is 0.391 bits per heavy atom. The number of hydrogen-bond acceptors (Lipinski definition) is 12. The first-order chi connectivity index (χ1) is 31.3. The smallest absolute Gasteiger partial charge is 0.329 e. The molecule has 2 amide bonds. The second kappa shape index (κ2) is 28.9. The minimum atomic E-state index is -0.337. The second-order valence-corrected chi connectivity index (χ2v) is 17.1. The van der Waals surface area contributed by atoms with Crippen molar-refractivity contribution in [3.05, 3.63) is 58.1 Å². The lowest BCUT2D eigenvalue weighted by Gasteiger charge is -2.14. The highest BCUT2D eigenvalue weighted by molar-refractivity contribution is 6.28. The number of benzene rings is 2. The van der Waals surface area contributed by atoms with E-state index in [-0.39, 0.29) is 80.5 Å². The molecule has 2 aromatic heterocycles. The van der Waals surface area contributed by atoms with Gasteiger partial charge in [0.2, 0.25) is 10.6 Å². The molecule has 64 heavy (non-hydrogen) atoms. The Labute approximate surface area is 388 Å². The fourth-order valence-corrected chi connectivity index (χ4v) is 7.70. The molecular formula is C48H66Cl2N8O6. The molecule has 1 aliphatic rings. The van der Waals surface area contributed by atoms with Crippen molar-refractivity contribution in [3.63, 3.8) is 0 Å². The van der Waals surface area contributed by atoms with Crippen LogP contribution in [0.4, 0.5) is 0 Å². The molecule has 8 bridgehead atoms. The predicted octanol–water partition coefficient (Wildman–Crippen LogP) is 13.7. The van der Waals surface area contributed by atoms with Gasteiger partial charge < -0.3 is 29.6 Å². The normalized spacial score (nSPS) is 11.8. The van der Waals surface area contributed by atoms with Gasteiger partial charge in [-0.3, -0.25) is 9.59 Å². The van der Waals surface area contributed by atoms with Gasteiger partial charge in [0.05, 0.1) is 0 Å². The number of carbonyl (C=O) groups excluding carboxylic acids is 2. The van der Waals surface area contributed by atoms with Crippen LogP contribution in [0.2, 0.25) is 10.6 Å². The van der Waals surface area contributed by atoms with Gasteiger partial charge in [0.25, 0.3) is 11.8 Å². The maximum atomic E-state index is 13.4. The van der Waals surface area contributed by atoms with Gasteiger partial charge in [-0.05, 0) is 60.3 Å². The van der Waals surface area contributed by atoms with Gasteiger partial charge in [-0.2, -0.15) is 19.9 Å². The predicted molar refractivity (Wildman–Crippen MR) is 250 cm³/mol. The van der Waals surface area contributed by atoms with Crippen molar-refractivity contribution in [2.24, 2.45) is 0 Å². The Kier molecular flexibility index (Phi) is 22.6. The number of carbonyl (C=O) groups is 2. The summed E-state index contributed by atoms with van der Waals surface area (Å²) >= 11 is 12.6. The first-order valence-electron chi connectivity index (χ1n) is 23.7. The second-order valence-electron chi connectivity index (χ2n) is 16.4. The number of ether oxygens (including phenoxy) is 4. The number of hydrogen-bond donors (Lipinski definition) is 2. The Balaban J connectivity index is 1.20. The van der Waals surface area contributed by atoms with Gasteiger partial charge in [0.1, 0.15) is 23.0 Å². The topological polar surface area (TPSA) is 172 Å². The molecule has 0 fully saturated rings. The molecule has 0 atom stereocenters. The van der Waals surface area contributed by atoms with E-state index in [1.54, 1.807) is 0 Å².